The van der Waals surface area contributed by atoms with Gasteiger partial charge >= 0.3 is 0 Å². The maximum Gasteiger partial charge on any atom is 0.141 e. The summed E-state index contributed by atoms with van der Waals surface area (Å²) in [5.74, 6) is 1.56. The monoisotopic (exact) mass is 485 g/mol. The van der Waals surface area contributed by atoms with Gasteiger partial charge in [0.25, 0.3) is 0 Å². The molecule has 0 radical (unpaired) electrons. The van der Waals surface area contributed by atoms with E-state index in [1.54, 1.807) is 0 Å². The van der Waals surface area contributed by atoms with Crippen molar-refractivity contribution in [2.75, 3.05) is 17.2 Å². The summed E-state index contributed by atoms with van der Waals surface area (Å²) in [5.41, 5.74) is 5.53. The maximum absolute atomic E-state index is 9.36. The molecule has 2 aliphatic rings. The molecule has 1 unspecified atom stereocenters. The summed E-state index contributed by atoms with van der Waals surface area (Å²) < 4.78 is 6.65. The van der Waals surface area contributed by atoms with Crippen molar-refractivity contribution in [1.29, 1.82) is 5.26 Å². The van der Waals surface area contributed by atoms with Crippen LogP contribution in [0.4, 0.5) is 11.4 Å². The molecule has 3 aromatic carbocycles. The van der Waals surface area contributed by atoms with Crippen LogP contribution < -0.4 is 15.4 Å². The van der Waals surface area contributed by atoms with Crippen molar-refractivity contribution >= 4 is 23.0 Å². The Morgan fingerprint density at radius 1 is 0.971 bits per heavy atom. The number of hydrogen-bond donors (Lipinski definition) is 2. The lowest BCUT2D eigenvalue weighted by atomic mass is 9.72. The van der Waals surface area contributed by atoms with Crippen molar-refractivity contribution in [3.63, 3.8) is 0 Å². The molecule has 0 aromatic heterocycles. The molecule has 180 valence electrons. The molecule has 0 bridgehead atoms. The minimum atomic E-state index is -0.509. The highest BCUT2D eigenvalue weighted by molar-refractivity contribution is 6.30. The summed E-state index contributed by atoms with van der Waals surface area (Å²) in [7, 11) is 0. The van der Waals surface area contributed by atoms with Crippen molar-refractivity contribution in [1.82, 2.24) is 0 Å². The zero-order chi connectivity index (χ0) is 24.4. The molecule has 0 spiro atoms. The summed E-state index contributed by atoms with van der Waals surface area (Å²) in [6, 6.07) is 22.7. The Bertz CT molecular complexity index is 1190. The van der Waals surface area contributed by atoms with E-state index in [0.29, 0.717) is 18.1 Å². The fourth-order valence-corrected chi connectivity index (χ4v) is 6.11. The normalized spacial score (nSPS) is 17.5. The fourth-order valence-electron chi connectivity index (χ4n) is 5.98. The van der Waals surface area contributed by atoms with Gasteiger partial charge in [0.15, 0.2) is 0 Å². The number of hydrogen-bond acceptors (Lipinski definition) is 4. The van der Waals surface area contributed by atoms with Gasteiger partial charge in [-0.3, -0.25) is 0 Å². The number of rotatable bonds is 6. The number of fused-ring (bicyclic) bond motifs is 1. The molecule has 1 heterocycles. The Morgan fingerprint density at radius 3 is 2.14 bits per heavy atom. The summed E-state index contributed by atoms with van der Waals surface area (Å²) >= 11 is 6.29. The lowest BCUT2D eigenvalue weighted by Gasteiger charge is -2.44. The Kier molecular flexibility index (Phi) is 6.62. The molecule has 0 amide bonds. The van der Waals surface area contributed by atoms with Gasteiger partial charge < -0.3 is 15.4 Å². The largest absolute Gasteiger partial charge is 0.493 e. The summed E-state index contributed by atoms with van der Waals surface area (Å²) in [6.07, 6.45) is 6.18. The Morgan fingerprint density at radius 2 is 1.57 bits per heavy atom. The first-order valence-electron chi connectivity index (χ1n) is 12.6. The topological polar surface area (TPSA) is 57.1 Å². The minimum absolute atomic E-state index is 0.172. The van der Waals surface area contributed by atoms with Crippen molar-refractivity contribution in [2.24, 2.45) is 11.8 Å². The molecule has 1 saturated carbocycles. The van der Waals surface area contributed by atoms with Gasteiger partial charge in [-0.05, 0) is 85.7 Å². The van der Waals surface area contributed by atoms with Gasteiger partial charge in [-0.1, -0.05) is 55.1 Å². The first-order chi connectivity index (χ1) is 17.0. The van der Waals surface area contributed by atoms with E-state index >= 15 is 0 Å². The molecule has 1 fully saturated rings. The van der Waals surface area contributed by atoms with E-state index in [1.807, 2.05) is 38.1 Å². The van der Waals surface area contributed by atoms with Gasteiger partial charge in [-0.2, -0.15) is 5.26 Å². The van der Waals surface area contributed by atoms with Crippen LogP contribution >= 0.6 is 11.6 Å². The highest BCUT2D eigenvalue weighted by Crippen LogP contribution is 2.49. The number of anilines is 2. The zero-order valence-electron chi connectivity index (χ0n) is 20.4. The number of nitriles is 1. The molecule has 1 aliphatic heterocycles. The number of nitrogens with one attached hydrogen (secondary N) is 2. The Labute approximate surface area is 213 Å². The molecule has 35 heavy (non-hydrogen) atoms. The molecule has 5 heteroatoms. The Balaban J connectivity index is 1.56. The third-order valence-corrected chi connectivity index (χ3v) is 7.91. The lowest BCUT2D eigenvalue weighted by molar-refractivity contribution is 0.112. The highest BCUT2D eigenvalue weighted by Gasteiger charge is 2.48. The van der Waals surface area contributed by atoms with Gasteiger partial charge in [-0.15, -0.1) is 0 Å². The van der Waals surface area contributed by atoms with E-state index in [-0.39, 0.29) is 5.92 Å². The van der Waals surface area contributed by atoms with Crippen LogP contribution in [-0.4, -0.2) is 6.61 Å². The van der Waals surface area contributed by atoms with Crippen molar-refractivity contribution in [3.8, 4) is 11.8 Å². The third-order valence-electron chi connectivity index (χ3n) is 7.66. The third kappa shape index (κ3) is 4.58. The van der Waals surface area contributed by atoms with Crippen molar-refractivity contribution in [2.45, 2.75) is 51.6 Å². The standard InChI is InChI=1S/C30H32ClN3O/c1-20-16-22(18-32)17-21(2)29(20)35-19-26(23-8-4-3-5-9-23)30(24-12-14-25(31)15-13-24)33-27-10-6-7-11-28(27)34-30/h6-7,10-17,23,26,33-34H,3-5,8-9,19H2,1-2H3. The lowest BCUT2D eigenvalue weighted by Crippen LogP contribution is -2.51. The predicted molar refractivity (Wildman–Crippen MR) is 143 cm³/mol. The van der Waals surface area contributed by atoms with E-state index in [4.69, 9.17) is 16.3 Å². The molecule has 4 nitrogen and oxygen atoms in total. The van der Waals surface area contributed by atoms with Crippen LogP contribution in [0.5, 0.6) is 5.75 Å². The molecule has 3 aromatic rings. The number of halogens is 1. The number of ether oxygens (including phenoxy) is 1. The molecule has 1 atom stereocenters. The second kappa shape index (κ2) is 9.84. The van der Waals surface area contributed by atoms with Gasteiger partial charge in [-0.25, -0.2) is 0 Å². The first kappa shape index (κ1) is 23.6. The van der Waals surface area contributed by atoms with Gasteiger partial charge in [0.05, 0.1) is 29.6 Å². The smallest absolute Gasteiger partial charge is 0.141 e. The molecule has 2 N–H and O–H groups in total. The summed E-state index contributed by atoms with van der Waals surface area (Å²) in [5, 5.41) is 17.9. The van der Waals surface area contributed by atoms with E-state index < -0.39 is 5.66 Å². The second-order valence-electron chi connectivity index (χ2n) is 9.98. The molecular weight excluding hydrogens is 454 g/mol. The van der Waals surface area contributed by atoms with Gasteiger partial charge in [0.1, 0.15) is 11.4 Å². The Hall–Kier alpha value is -3.16. The number of benzene rings is 3. The van der Waals surface area contributed by atoms with E-state index in [9.17, 15) is 5.26 Å². The van der Waals surface area contributed by atoms with Crippen molar-refractivity contribution in [3.05, 3.63) is 87.9 Å². The molecule has 0 saturated heterocycles. The van der Waals surface area contributed by atoms with Gasteiger partial charge in [0, 0.05) is 10.9 Å². The van der Waals surface area contributed by atoms with Gasteiger partial charge in [0.2, 0.25) is 0 Å². The zero-order valence-corrected chi connectivity index (χ0v) is 21.2. The second-order valence-corrected chi connectivity index (χ2v) is 10.4. The van der Waals surface area contributed by atoms with Crippen LogP contribution in [0.1, 0.15) is 54.4 Å². The van der Waals surface area contributed by atoms with Crippen LogP contribution in [0.2, 0.25) is 5.02 Å². The van der Waals surface area contributed by atoms with E-state index in [0.717, 1.165) is 38.8 Å². The highest BCUT2D eigenvalue weighted by atomic mass is 35.5. The molecule has 1 aliphatic carbocycles. The number of nitrogens with zero attached hydrogens (tertiary/aromatic N) is 1. The molecule has 5 rings (SSSR count). The van der Waals surface area contributed by atoms with Crippen LogP contribution in [0.3, 0.4) is 0 Å². The minimum Gasteiger partial charge on any atom is -0.493 e. The average Bonchev–Trinajstić information content (AvgIpc) is 3.27. The maximum atomic E-state index is 9.36. The van der Waals surface area contributed by atoms with E-state index in [2.05, 4.69) is 53.1 Å². The predicted octanol–water partition coefficient (Wildman–Crippen LogP) is 7.79. The van der Waals surface area contributed by atoms with Crippen LogP contribution in [0, 0.1) is 37.0 Å². The fraction of sp³-hybridized carbons (Fsp3) is 0.367. The first-order valence-corrected chi connectivity index (χ1v) is 12.9. The van der Waals surface area contributed by atoms with Crippen LogP contribution in [-0.2, 0) is 5.66 Å². The SMILES string of the molecule is Cc1cc(C#N)cc(C)c1OCC(C1CCCCC1)C1(c2ccc(Cl)cc2)Nc2ccccc2N1. The van der Waals surface area contributed by atoms with Crippen LogP contribution in [0.25, 0.3) is 0 Å². The average molecular weight is 486 g/mol. The summed E-state index contributed by atoms with van der Waals surface area (Å²) in [6.45, 7) is 4.61. The summed E-state index contributed by atoms with van der Waals surface area (Å²) in [4.78, 5) is 0. The quantitative estimate of drug-likeness (QED) is 0.374. The number of aryl methyl sites for hydroxylation is 2. The molecular formula is C30H32ClN3O. The van der Waals surface area contributed by atoms with E-state index in [1.165, 1.54) is 32.1 Å². The van der Waals surface area contributed by atoms with Crippen molar-refractivity contribution < 1.29 is 4.74 Å². The number of para-hydroxylation sites is 2. The van der Waals surface area contributed by atoms with Crippen LogP contribution in [0.15, 0.2) is 60.7 Å².